The summed E-state index contributed by atoms with van der Waals surface area (Å²) in [4.78, 5) is 12.5. The first-order chi connectivity index (χ1) is 9.60. The highest BCUT2D eigenvalue weighted by atomic mass is 35.5. The van der Waals surface area contributed by atoms with E-state index >= 15 is 0 Å². The van der Waals surface area contributed by atoms with Crippen LogP contribution in [0.15, 0.2) is 47.4 Å². The van der Waals surface area contributed by atoms with E-state index in [2.05, 4.69) is 29.6 Å². The van der Waals surface area contributed by atoms with Gasteiger partial charge in [0, 0.05) is 17.1 Å². The van der Waals surface area contributed by atoms with E-state index in [0.717, 1.165) is 5.69 Å². The molecule has 2 aromatic carbocycles. The molecule has 0 aliphatic heterocycles. The van der Waals surface area contributed by atoms with Crippen LogP contribution >= 0.6 is 23.4 Å². The molecule has 0 aliphatic rings. The molecule has 3 nitrogen and oxygen atoms in total. The van der Waals surface area contributed by atoms with E-state index in [0.29, 0.717) is 17.1 Å². The third-order valence-corrected chi connectivity index (χ3v) is 3.96. The van der Waals surface area contributed by atoms with E-state index in [1.165, 1.54) is 10.5 Å². The van der Waals surface area contributed by atoms with Crippen LogP contribution in [0.3, 0.4) is 0 Å². The van der Waals surface area contributed by atoms with Gasteiger partial charge in [0.2, 0.25) is 5.91 Å². The minimum absolute atomic E-state index is 0.328. The van der Waals surface area contributed by atoms with Crippen LogP contribution in [0.25, 0.3) is 0 Å². The lowest BCUT2D eigenvalue weighted by Crippen LogP contribution is -2.12. The molecule has 2 rings (SSSR count). The number of nitrogens with one attached hydrogen (secondary N) is 1. The first-order valence-electron chi connectivity index (χ1n) is 6.06. The summed E-state index contributed by atoms with van der Waals surface area (Å²) in [6.45, 7) is 0.675. The van der Waals surface area contributed by atoms with Gasteiger partial charge in [0.25, 0.3) is 0 Å². The van der Waals surface area contributed by atoms with E-state index in [1.54, 1.807) is 23.9 Å². The number of halogens is 1. The van der Waals surface area contributed by atoms with Crippen molar-refractivity contribution >= 4 is 35.0 Å². The van der Waals surface area contributed by atoms with Crippen molar-refractivity contribution in [2.75, 3.05) is 11.6 Å². The third-order valence-electron chi connectivity index (χ3n) is 2.89. The molecule has 0 radical (unpaired) electrons. The Morgan fingerprint density at radius 1 is 1.25 bits per heavy atom. The maximum Gasteiger partial charge on any atom is 0.250 e. The molecule has 0 bridgehead atoms. The van der Waals surface area contributed by atoms with Gasteiger partial charge in [0.1, 0.15) is 0 Å². The number of hydrogen-bond acceptors (Lipinski definition) is 3. The van der Waals surface area contributed by atoms with E-state index in [1.807, 2.05) is 12.3 Å². The second-order valence-corrected chi connectivity index (χ2v) is 5.55. The number of nitrogens with two attached hydrogens (primary N) is 1. The molecule has 0 aliphatic carbocycles. The average Bonchev–Trinajstić information content (AvgIpc) is 2.46. The van der Waals surface area contributed by atoms with Gasteiger partial charge in [-0.15, -0.1) is 11.8 Å². The number of amides is 1. The molecule has 0 saturated carbocycles. The summed E-state index contributed by atoms with van der Waals surface area (Å²) in [5.74, 6) is -0.525. The highest BCUT2D eigenvalue weighted by Gasteiger charge is 2.07. The summed E-state index contributed by atoms with van der Waals surface area (Å²) in [6, 6.07) is 13.5. The number of carbonyl (C=O) groups excluding carboxylic acids is 1. The number of benzene rings is 2. The van der Waals surface area contributed by atoms with Crippen LogP contribution in [0, 0.1) is 0 Å². The fraction of sp³-hybridized carbons (Fsp3) is 0.133. The topological polar surface area (TPSA) is 55.1 Å². The number of rotatable bonds is 5. The van der Waals surface area contributed by atoms with E-state index in [4.69, 9.17) is 17.3 Å². The number of hydrogen-bond donors (Lipinski definition) is 2. The molecule has 0 spiro atoms. The minimum atomic E-state index is -0.525. The lowest BCUT2D eigenvalue weighted by atomic mass is 10.1. The molecule has 2 aromatic rings. The molecule has 0 saturated heterocycles. The first kappa shape index (κ1) is 14.8. The largest absolute Gasteiger partial charge is 0.381 e. The highest BCUT2D eigenvalue weighted by Crippen LogP contribution is 2.21. The molecular weight excluding hydrogens is 292 g/mol. The minimum Gasteiger partial charge on any atom is -0.381 e. The number of primary amides is 1. The molecule has 20 heavy (non-hydrogen) atoms. The Morgan fingerprint density at radius 2 is 1.95 bits per heavy atom. The van der Waals surface area contributed by atoms with Crippen LogP contribution in [0.4, 0.5) is 5.69 Å². The van der Waals surface area contributed by atoms with Crippen LogP contribution in [-0.4, -0.2) is 12.2 Å². The fourth-order valence-corrected chi connectivity index (χ4v) is 2.39. The molecule has 5 heteroatoms. The maximum absolute atomic E-state index is 11.2. The molecule has 0 heterocycles. The fourth-order valence-electron chi connectivity index (χ4n) is 1.77. The quantitative estimate of drug-likeness (QED) is 0.827. The normalized spacial score (nSPS) is 10.3. The van der Waals surface area contributed by atoms with Crippen LogP contribution in [0.1, 0.15) is 15.9 Å². The van der Waals surface area contributed by atoms with Crippen LogP contribution in [0.5, 0.6) is 0 Å². The van der Waals surface area contributed by atoms with E-state index < -0.39 is 5.91 Å². The summed E-state index contributed by atoms with van der Waals surface area (Å²) < 4.78 is 0. The maximum atomic E-state index is 11.2. The smallest absolute Gasteiger partial charge is 0.250 e. The van der Waals surface area contributed by atoms with Gasteiger partial charge in [0.15, 0.2) is 0 Å². The summed E-state index contributed by atoms with van der Waals surface area (Å²) in [6.07, 6.45) is 2.05. The Hall–Kier alpha value is -1.65. The zero-order valence-corrected chi connectivity index (χ0v) is 12.6. The standard InChI is InChI=1S/C15H15ClN2OS/c1-20-12-5-2-10(3-6-12)9-18-11-4-7-14(16)13(8-11)15(17)19/h2-8,18H,9H2,1H3,(H2,17,19). The van der Waals surface area contributed by atoms with Crippen molar-refractivity contribution in [3.05, 3.63) is 58.6 Å². The molecule has 0 unspecified atom stereocenters. The van der Waals surface area contributed by atoms with Crippen LogP contribution < -0.4 is 11.1 Å². The lowest BCUT2D eigenvalue weighted by molar-refractivity contribution is 0.100. The van der Waals surface area contributed by atoms with Crippen molar-refractivity contribution in [2.24, 2.45) is 5.73 Å². The van der Waals surface area contributed by atoms with Crippen molar-refractivity contribution in [2.45, 2.75) is 11.4 Å². The van der Waals surface area contributed by atoms with Gasteiger partial charge in [-0.1, -0.05) is 23.7 Å². The van der Waals surface area contributed by atoms with Crippen molar-refractivity contribution in [1.29, 1.82) is 0 Å². The lowest BCUT2D eigenvalue weighted by Gasteiger charge is -2.09. The second-order valence-electron chi connectivity index (χ2n) is 4.26. The zero-order valence-electron chi connectivity index (χ0n) is 11.0. The summed E-state index contributed by atoms with van der Waals surface area (Å²) in [5, 5.41) is 3.62. The van der Waals surface area contributed by atoms with Gasteiger partial charge < -0.3 is 11.1 Å². The summed E-state index contributed by atoms with van der Waals surface area (Å²) in [7, 11) is 0. The Morgan fingerprint density at radius 3 is 2.55 bits per heavy atom. The van der Waals surface area contributed by atoms with Gasteiger partial charge in [-0.2, -0.15) is 0 Å². The third kappa shape index (κ3) is 3.68. The van der Waals surface area contributed by atoms with Crippen molar-refractivity contribution < 1.29 is 4.79 Å². The van der Waals surface area contributed by atoms with Gasteiger partial charge in [-0.05, 0) is 42.2 Å². The van der Waals surface area contributed by atoms with Crippen LogP contribution in [0.2, 0.25) is 5.02 Å². The Kier molecular flexibility index (Phi) is 4.93. The SMILES string of the molecule is CSc1ccc(CNc2ccc(Cl)c(C(N)=O)c2)cc1. The number of carbonyl (C=O) groups is 1. The predicted molar refractivity (Wildman–Crippen MR) is 85.5 cm³/mol. The van der Waals surface area contributed by atoms with E-state index in [-0.39, 0.29) is 0 Å². The molecule has 3 N–H and O–H groups in total. The van der Waals surface area contributed by atoms with Gasteiger partial charge in [-0.25, -0.2) is 0 Å². The Bertz CT molecular complexity index is 614. The molecule has 0 fully saturated rings. The summed E-state index contributed by atoms with van der Waals surface area (Å²) >= 11 is 7.62. The van der Waals surface area contributed by atoms with Crippen molar-refractivity contribution in [3.8, 4) is 0 Å². The van der Waals surface area contributed by atoms with E-state index in [9.17, 15) is 4.79 Å². The number of anilines is 1. The first-order valence-corrected chi connectivity index (χ1v) is 7.66. The van der Waals surface area contributed by atoms with Gasteiger partial charge >= 0.3 is 0 Å². The van der Waals surface area contributed by atoms with Gasteiger partial charge in [0.05, 0.1) is 10.6 Å². The molecule has 104 valence electrons. The Labute approximate surface area is 127 Å². The van der Waals surface area contributed by atoms with Crippen molar-refractivity contribution in [3.63, 3.8) is 0 Å². The molecule has 0 atom stereocenters. The Balaban J connectivity index is 2.06. The number of thioether (sulfide) groups is 1. The highest BCUT2D eigenvalue weighted by molar-refractivity contribution is 7.98. The average molecular weight is 307 g/mol. The zero-order chi connectivity index (χ0) is 14.5. The molecule has 1 amide bonds. The second kappa shape index (κ2) is 6.68. The molecular formula is C15H15ClN2OS. The molecule has 0 aromatic heterocycles. The monoisotopic (exact) mass is 306 g/mol. The predicted octanol–water partition coefficient (Wildman–Crippen LogP) is 3.77. The van der Waals surface area contributed by atoms with Gasteiger partial charge in [-0.3, -0.25) is 4.79 Å². The van der Waals surface area contributed by atoms with Crippen LogP contribution in [-0.2, 0) is 6.54 Å². The summed E-state index contributed by atoms with van der Waals surface area (Å²) in [5.41, 5.74) is 7.58. The van der Waals surface area contributed by atoms with Crippen molar-refractivity contribution in [1.82, 2.24) is 0 Å².